The topological polar surface area (TPSA) is 29.6 Å². The molecule has 1 heterocycles. The predicted octanol–water partition coefficient (Wildman–Crippen LogP) is 4.35. The Morgan fingerprint density at radius 3 is 2.79 bits per heavy atom. The van der Waals surface area contributed by atoms with E-state index in [9.17, 15) is 0 Å². The maximum atomic E-state index is 4.84. The number of aromatic nitrogens is 1. The van der Waals surface area contributed by atoms with E-state index in [4.69, 9.17) is 5.10 Å². The molecule has 0 N–H and O–H groups in total. The zero-order valence-electron chi connectivity index (χ0n) is 13.6. The molecule has 0 spiro atoms. The van der Waals surface area contributed by atoms with Gasteiger partial charge >= 0.3 is 0 Å². The van der Waals surface area contributed by atoms with Crippen LogP contribution in [0.3, 0.4) is 0 Å². The molecule has 2 bridgehead atoms. The number of benzene rings is 1. The van der Waals surface area contributed by atoms with Crippen LogP contribution in [0.2, 0.25) is 0 Å². The van der Waals surface area contributed by atoms with Crippen LogP contribution in [0.4, 0.5) is 0 Å². The van der Waals surface area contributed by atoms with Crippen LogP contribution in [-0.2, 0) is 0 Å². The number of nitrogens with zero attached hydrogens (tertiary/aromatic N) is 3. The normalized spacial score (nSPS) is 25.8. The minimum Gasteiger partial charge on any atom is -0.253 e. The third-order valence-electron chi connectivity index (χ3n) is 4.81. The average Bonchev–Trinajstić information content (AvgIpc) is 3.34. The van der Waals surface area contributed by atoms with Crippen LogP contribution in [-0.4, -0.2) is 17.4 Å². The molecule has 3 unspecified atom stereocenters. The second-order valence-corrected chi connectivity index (χ2v) is 7.26. The molecule has 0 aliphatic heterocycles. The summed E-state index contributed by atoms with van der Waals surface area (Å²) in [6.45, 7) is 4.37. The predicted molar refractivity (Wildman–Crippen MR) is 101 cm³/mol. The molecular weight excluding hydrogens is 314 g/mol. The Morgan fingerprint density at radius 2 is 2.08 bits per heavy atom. The van der Waals surface area contributed by atoms with Gasteiger partial charge in [0.15, 0.2) is 0 Å². The van der Waals surface area contributed by atoms with Gasteiger partial charge in [0.05, 0.1) is 12.2 Å². The Kier molecular flexibility index (Phi) is 4.30. The second kappa shape index (κ2) is 6.73. The van der Waals surface area contributed by atoms with Crippen molar-refractivity contribution >= 4 is 17.6 Å². The molecule has 1 aromatic carbocycles. The van der Waals surface area contributed by atoms with E-state index in [1.54, 1.807) is 11.3 Å². The van der Waals surface area contributed by atoms with E-state index < -0.39 is 0 Å². The van der Waals surface area contributed by atoms with Gasteiger partial charge in [-0.1, -0.05) is 48.6 Å². The summed E-state index contributed by atoms with van der Waals surface area (Å²) >= 11 is 1.63. The van der Waals surface area contributed by atoms with Gasteiger partial charge in [-0.2, -0.15) is 5.10 Å². The lowest BCUT2D eigenvalue weighted by atomic mass is 9.95. The lowest BCUT2D eigenvalue weighted by molar-refractivity contribution is 0.590. The van der Waals surface area contributed by atoms with E-state index in [0.29, 0.717) is 18.4 Å². The molecule has 0 radical (unpaired) electrons. The molecule has 24 heavy (non-hydrogen) atoms. The van der Waals surface area contributed by atoms with Crippen LogP contribution in [0.25, 0.3) is 11.3 Å². The Morgan fingerprint density at radius 1 is 1.21 bits per heavy atom. The maximum absolute atomic E-state index is 4.84. The lowest BCUT2D eigenvalue weighted by Crippen LogP contribution is -2.15. The molecule has 122 valence electrons. The van der Waals surface area contributed by atoms with Crippen LogP contribution in [0.1, 0.15) is 12.8 Å². The first-order valence-corrected chi connectivity index (χ1v) is 9.33. The number of rotatable bonds is 5. The molecule has 1 fully saturated rings. The first-order chi connectivity index (χ1) is 11.8. The van der Waals surface area contributed by atoms with Gasteiger partial charge in [0.1, 0.15) is 0 Å². The zero-order chi connectivity index (χ0) is 16.4. The molecule has 4 rings (SSSR count). The smallest absolute Gasteiger partial charge is 0.206 e. The minimum absolute atomic E-state index is 0.559. The molecule has 0 amide bonds. The van der Waals surface area contributed by atoms with Crippen LogP contribution in [0, 0.1) is 17.8 Å². The molecule has 2 aliphatic carbocycles. The standard InChI is InChI=1S/C20H21N3S/c1-2-10-21-20-23(19(14-24-20)16-6-4-3-5-7-16)22-13-18-12-15-8-9-17(18)11-15/h2-9,13-15,17-18H,1,10-12H2. The van der Waals surface area contributed by atoms with Crippen LogP contribution in [0.15, 0.2) is 70.6 Å². The van der Waals surface area contributed by atoms with Crippen molar-refractivity contribution in [1.29, 1.82) is 0 Å². The number of thiazole rings is 1. The van der Waals surface area contributed by atoms with Crippen molar-refractivity contribution in [2.24, 2.45) is 27.8 Å². The van der Waals surface area contributed by atoms with Crippen molar-refractivity contribution in [2.75, 3.05) is 6.54 Å². The number of allylic oxidation sites excluding steroid dienone is 2. The van der Waals surface area contributed by atoms with E-state index in [1.807, 2.05) is 16.8 Å². The Bertz CT molecular complexity index is 841. The highest BCUT2D eigenvalue weighted by atomic mass is 32.1. The van der Waals surface area contributed by atoms with Gasteiger partial charge < -0.3 is 0 Å². The Hall–Kier alpha value is -2.20. The molecule has 2 aromatic rings. The van der Waals surface area contributed by atoms with Crippen molar-refractivity contribution in [1.82, 2.24) is 4.68 Å². The van der Waals surface area contributed by atoms with Crippen LogP contribution < -0.4 is 4.80 Å². The molecule has 1 aromatic heterocycles. The number of hydrogen-bond acceptors (Lipinski definition) is 3. The summed E-state index contributed by atoms with van der Waals surface area (Å²) in [6.07, 6.45) is 11.2. The Balaban J connectivity index is 1.70. The van der Waals surface area contributed by atoms with Crippen molar-refractivity contribution in [3.05, 3.63) is 65.3 Å². The van der Waals surface area contributed by atoms with Gasteiger partial charge in [-0.05, 0) is 24.7 Å². The summed E-state index contributed by atoms with van der Waals surface area (Å²) in [5.41, 5.74) is 2.26. The van der Waals surface area contributed by atoms with E-state index in [-0.39, 0.29) is 0 Å². The van der Waals surface area contributed by atoms with E-state index in [2.05, 4.69) is 59.6 Å². The fraction of sp³-hybridized carbons (Fsp3) is 0.300. The first kappa shape index (κ1) is 15.3. The third kappa shape index (κ3) is 2.94. The highest BCUT2D eigenvalue weighted by molar-refractivity contribution is 7.07. The van der Waals surface area contributed by atoms with E-state index in [0.717, 1.165) is 16.4 Å². The summed E-state index contributed by atoms with van der Waals surface area (Å²) in [4.78, 5) is 5.52. The first-order valence-electron chi connectivity index (χ1n) is 8.45. The van der Waals surface area contributed by atoms with Gasteiger partial charge in [0.2, 0.25) is 4.80 Å². The minimum atomic E-state index is 0.559. The highest BCUT2D eigenvalue weighted by Gasteiger charge is 2.34. The van der Waals surface area contributed by atoms with Crippen molar-refractivity contribution in [3.8, 4) is 11.3 Å². The maximum Gasteiger partial charge on any atom is 0.206 e. The SMILES string of the molecule is C=CCN=c1scc(-c2ccccc2)n1N=CC1CC2C=CC1C2. The molecule has 0 saturated heterocycles. The molecule has 2 aliphatic rings. The van der Waals surface area contributed by atoms with Crippen LogP contribution in [0.5, 0.6) is 0 Å². The lowest BCUT2D eigenvalue weighted by Gasteiger charge is -2.12. The quantitative estimate of drug-likeness (QED) is 0.574. The summed E-state index contributed by atoms with van der Waals surface area (Å²) in [6, 6.07) is 10.4. The van der Waals surface area contributed by atoms with Crippen molar-refractivity contribution < 1.29 is 0 Å². The molecule has 3 atom stereocenters. The zero-order valence-corrected chi connectivity index (χ0v) is 14.4. The summed E-state index contributed by atoms with van der Waals surface area (Å²) in [5, 5.41) is 6.97. The van der Waals surface area contributed by atoms with Gasteiger partial charge in [-0.15, -0.1) is 17.9 Å². The fourth-order valence-electron chi connectivity index (χ4n) is 3.62. The molecule has 4 heteroatoms. The van der Waals surface area contributed by atoms with Crippen LogP contribution >= 0.6 is 11.3 Å². The second-order valence-electron chi connectivity index (χ2n) is 6.42. The van der Waals surface area contributed by atoms with E-state index in [1.165, 1.54) is 18.4 Å². The summed E-state index contributed by atoms with van der Waals surface area (Å²) < 4.78 is 1.99. The number of fused-ring (bicyclic) bond motifs is 2. The summed E-state index contributed by atoms with van der Waals surface area (Å²) in [7, 11) is 0. The fourth-order valence-corrected chi connectivity index (χ4v) is 4.46. The van der Waals surface area contributed by atoms with E-state index >= 15 is 0 Å². The van der Waals surface area contributed by atoms with Gasteiger partial charge in [0, 0.05) is 23.1 Å². The van der Waals surface area contributed by atoms with Gasteiger partial charge in [0.25, 0.3) is 0 Å². The average molecular weight is 335 g/mol. The molecule has 1 saturated carbocycles. The number of hydrogen-bond donors (Lipinski definition) is 0. The Labute approximate surface area is 146 Å². The largest absolute Gasteiger partial charge is 0.253 e. The third-order valence-corrected chi connectivity index (χ3v) is 5.67. The monoisotopic (exact) mass is 335 g/mol. The van der Waals surface area contributed by atoms with Crippen molar-refractivity contribution in [2.45, 2.75) is 12.8 Å². The van der Waals surface area contributed by atoms with Gasteiger partial charge in [-0.3, -0.25) is 4.99 Å². The highest BCUT2D eigenvalue weighted by Crippen LogP contribution is 2.42. The van der Waals surface area contributed by atoms with Gasteiger partial charge in [-0.25, -0.2) is 4.68 Å². The van der Waals surface area contributed by atoms with Crippen molar-refractivity contribution in [3.63, 3.8) is 0 Å². The molecule has 3 nitrogen and oxygen atoms in total. The molecular formula is C20H21N3S. The summed E-state index contributed by atoms with van der Waals surface area (Å²) in [5.74, 6) is 1.99.